The fraction of sp³-hybridized carbons (Fsp3) is 0.105. The summed E-state index contributed by atoms with van der Waals surface area (Å²) in [6.45, 7) is 4.25. The second kappa shape index (κ2) is 7.62. The van der Waals surface area contributed by atoms with Crippen molar-refractivity contribution in [2.24, 2.45) is 4.99 Å². The van der Waals surface area contributed by atoms with Gasteiger partial charge in [-0.25, -0.2) is 0 Å². The Morgan fingerprint density at radius 3 is 2.26 bits per heavy atom. The topological polar surface area (TPSA) is 17.3 Å². The monoisotopic (exact) mass is 388 g/mol. The molecule has 0 aliphatic carbocycles. The summed E-state index contributed by atoms with van der Waals surface area (Å²) in [6.07, 6.45) is 1.94. The highest BCUT2D eigenvalue weighted by Gasteiger charge is 2.09. The summed E-state index contributed by atoms with van der Waals surface area (Å²) < 4.78 is 3.34. The fourth-order valence-corrected chi connectivity index (χ4v) is 2.83. The van der Waals surface area contributed by atoms with Gasteiger partial charge in [0.1, 0.15) is 0 Å². The zero-order valence-corrected chi connectivity index (χ0v) is 15.4. The smallest absolute Gasteiger partial charge is 0.0629 e. The first kappa shape index (κ1) is 17.5. The third-order valence-corrected chi connectivity index (χ3v) is 4.19. The molecule has 23 heavy (non-hydrogen) atoms. The first-order valence-corrected chi connectivity index (χ1v) is 7.98. The molecule has 0 unspecified atom stereocenters. The third-order valence-electron chi connectivity index (χ3n) is 3.66. The van der Waals surface area contributed by atoms with Crippen molar-refractivity contribution in [2.75, 3.05) is 0 Å². The van der Waals surface area contributed by atoms with Crippen molar-refractivity contribution in [2.45, 2.75) is 13.8 Å². The molecule has 0 saturated carbocycles. The van der Waals surface area contributed by atoms with Crippen LogP contribution in [0.1, 0.15) is 17.0 Å². The first-order valence-electron chi connectivity index (χ1n) is 7.19. The quantitative estimate of drug-likeness (QED) is 0.487. The molecule has 0 aliphatic rings. The summed E-state index contributed by atoms with van der Waals surface area (Å²) in [6, 6.07) is 20.5. The van der Waals surface area contributed by atoms with Gasteiger partial charge >= 0.3 is 0 Å². The Balaban J connectivity index is 0.00000192. The van der Waals surface area contributed by atoms with Crippen LogP contribution in [0.3, 0.4) is 0 Å². The maximum absolute atomic E-state index is 4.55. The first-order chi connectivity index (χ1) is 10.6. The Morgan fingerprint density at radius 1 is 0.957 bits per heavy atom. The van der Waals surface area contributed by atoms with Gasteiger partial charge < -0.3 is 4.57 Å². The molecule has 1 aromatic heterocycles. The lowest BCUT2D eigenvalue weighted by atomic mass is 10.2. The van der Waals surface area contributed by atoms with Gasteiger partial charge in [-0.05, 0) is 56.3 Å². The molecular formula is C19H18BrClN2. The number of aryl methyl sites for hydroxylation is 1. The van der Waals surface area contributed by atoms with Crippen molar-refractivity contribution in [1.82, 2.24) is 4.57 Å². The van der Waals surface area contributed by atoms with E-state index in [-0.39, 0.29) is 12.4 Å². The largest absolute Gasteiger partial charge is 0.318 e. The molecule has 0 bridgehead atoms. The van der Waals surface area contributed by atoms with Gasteiger partial charge in [0.15, 0.2) is 0 Å². The van der Waals surface area contributed by atoms with E-state index in [1.54, 1.807) is 0 Å². The average molecular weight is 390 g/mol. The van der Waals surface area contributed by atoms with Crippen molar-refractivity contribution in [3.05, 3.63) is 82.1 Å². The van der Waals surface area contributed by atoms with E-state index in [4.69, 9.17) is 0 Å². The van der Waals surface area contributed by atoms with Gasteiger partial charge in [-0.1, -0.05) is 34.1 Å². The van der Waals surface area contributed by atoms with Crippen molar-refractivity contribution in [3.63, 3.8) is 0 Å². The van der Waals surface area contributed by atoms with E-state index >= 15 is 0 Å². The van der Waals surface area contributed by atoms with Gasteiger partial charge in [-0.3, -0.25) is 4.99 Å². The van der Waals surface area contributed by atoms with E-state index in [1.165, 1.54) is 11.4 Å². The molecule has 0 fully saturated rings. The number of aliphatic imine (C=N–C) groups is 1. The molecule has 0 radical (unpaired) electrons. The van der Waals surface area contributed by atoms with Gasteiger partial charge in [0.25, 0.3) is 0 Å². The number of rotatable bonds is 3. The van der Waals surface area contributed by atoms with Gasteiger partial charge in [-0.15, -0.1) is 12.4 Å². The van der Waals surface area contributed by atoms with Gasteiger partial charge in [0.05, 0.1) is 5.69 Å². The van der Waals surface area contributed by atoms with Crippen molar-refractivity contribution >= 4 is 40.2 Å². The summed E-state index contributed by atoms with van der Waals surface area (Å²) in [7, 11) is 0. The molecule has 0 N–H and O–H groups in total. The van der Waals surface area contributed by atoms with E-state index < -0.39 is 0 Å². The molecule has 3 rings (SSSR count). The van der Waals surface area contributed by atoms with Crippen LogP contribution in [0.25, 0.3) is 5.69 Å². The molecular weight excluding hydrogens is 372 g/mol. The predicted molar refractivity (Wildman–Crippen MR) is 104 cm³/mol. The lowest BCUT2D eigenvalue weighted by Gasteiger charge is -2.09. The highest BCUT2D eigenvalue weighted by molar-refractivity contribution is 9.10. The van der Waals surface area contributed by atoms with Crippen LogP contribution < -0.4 is 0 Å². The zero-order valence-electron chi connectivity index (χ0n) is 13.0. The lowest BCUT2D eigenvalue weighted by molar-refractivity contribution is 0.964. The molecule has 2 nitrogen and oxygen atoms in total. The van der Waals surface area contributed by atoms with Crippen LogP contribution in [-0.2, 0) is 0 Å². The molecule has 0 spiro atoms. The summed E-state index contributed by atoms with van der Waals surface area (Å²) in [4.78, 5) is 4.55. The Kier molecular flexibility index (Phi) is 5.80. The van der Waals surface area contributed by atoms with Gasteiger partial charge in [0, 0.05) is 33.3 Å². The maximum atomic E-state index is 4.55. The van der Waals surface area contributed by atoms with E-state index in [0.717, 1.165) is 21.4 Å². The van der Waals surface area contributed by atoms with Gasteiger partial charge in [0.2, 0.25) is 0 Å². The molecule has 1 heterocycles. The molecule has 2 aromatic carbocycles. The second-order valence-corrected chi connectivity index (χ2v) is 6.15. The standard InChI is InChI=1S/C19H17BrN2.ClH/c1-14-12-16(13-21-18-6-4-3-5-7-18)15(2)22(14)19-10-8-17(20)9-11-19;/h3-13H,1-2H3;1H. The van der Waals surface area contributed by atoms with Crippen LogP contribution in [0.5, 0.6) is 0 Å². The zero-order chi connectivity index (χ0) is 15.5. The summed E-state index contributed by atoms with van der Waals surface area (Å²) in [5.74, 6) is 0. The molecule has 0 amide bonds. The van der Waals surface area contributed by atoms with E-state index in [9.17, 15) is 0 Å². The highest BCUT2D eigenvalue weighted by atomic mass is 79.9. The molecule has 0 saturated heterocycles. The Hall–Kier alpha value is -1.84. The number of halogens is 2. The van der Waals surface area contributed by atoms with Gasteiger partial charge in [-0.2, -0.15) is 0 Å². The number of aromatic nitrogens is 1. The number of hydrogen-bond donors (Lipinski definition) is 0. The lowest BCUT2D eigenvalue weighted by Crippen LogP contribution is -1.99. The predicted octanol–water partition coefficient (Wildman–Crippen LogP) is 6.03. The molecule has 4 heteroatoms. The molecule has 118 valence electrons. The summed E-state index contributed by atoms with van der Waals surface area (Å²) >= 11 is 3.48. The van der Waals surface area contributed by atoms with Crippen LogP contribution in [0.2, 0.25) is 0 Å². The minimum absolute atomic E-state index is 0. The average Bonchev–Trinajstić information content (AvgIpc) is 2.82. The van der Waals surface area contributed by atoms with Crippen LogP contribution in [0.15, 0.2) is 70.1 Å². The minimum atomic E-state index is 0. The molecule has 0 atom stereocenters. The summed E-state index contributed by atoms with van der Waals surface area (Å²) in [5, 5.41) is 0. The van der Waals surface area contributed by atoms with Crippen molar-refractivity contribution in [1.29, 1.82) is 0 Å². The van der Waals surface area contributed by atoms with E-state index in [2.05, 4.69) is 69.7 Å². The minimum Gasteiger partial charge on any atom is -0.318 e. The SMILES string of the molecule is Cc1cc(C=Nc2ccccc2)c(C)n1-c1ccc(Br)cc1.Cl. The Labute approximate surface area is 151 Å². The van der Waals surface area contributed by atoms with E-state index in [1.807, 2.05) is 36.5 Å². The normalized spacial score (nSPS) is 10.7. The Morgan fingerprint density at radius 2 is 1.61 bits per heavy atom. The van der Waals surface area contributed by atoms with Crippen molar-refractivity contribution in [3.8, 4) is 5.69 Å². The number of nitrogens with zero attached hydrogens (tertiary/aromatic N) is 2. The maximum Gasteiger partial charge on any atom is 0.0629 e. The third kappa shape index (κ3) is 3.92. The fourth-order valence-electron chi connectivity index (χ4n) is 2.56. The van der Waals surface area contributed by atoms with E-state index in [0.29, 0.717) is 0 Å². The van der Waals surface area contributed by atoms with Crippen LogP contribution >= 0.6 is 28.3 Å². The highest BCUT2D eigenvalue weighted by Crippen LogP contribution is 2.22. The van der Waals surface area contributed by atoms with Crippen molar-refractivity contribution < 1.29 is 0 Å². The number of benzene rings is 2. The second-order valence-electron chi connectivity index (χ2n) is 5.23. The summed E-state index contributed by atoms with van der Waals surface area (Å²) in [5.41, 5.74) is 5.67. The Bertz CT molecular complexity index is 805. The molecule has 3 aromatic rings. The van der Waals surface area contributed by atoms with Crippen LogP contribution in [0, 0.1) is 13.8 Å². The number of hydrogen-bond acceptors (Lipinski definition) is 1. The van der Waals surface area contributed by atoms with Crippen LogP contribution in [-0.4, -0.2) is 10.8 Å². The number of para-hydroxylation sites is 1. The van der Waals surface area contributed by atoms with Crippen LogP contribution in [0.4, 0.5) is 5.69 Å². The molecule has 0 aliphatic heterocycles.